The average Bonchev–Trinajstić information content (AvgIpc) is 2.80. The Morgan fingerprint density at radius 3 is 2.47 bits per heavy atom. The van der Waals surface area contributed by atoms with Crippen molar-refractivity contribution in [1.29, 1.82) is 0 Å². The third-order valence-corrected chi connectivity index (χ3v) is 2.02. The summed E-state index contributed by atoms with van der Waals surface area (Å²) in [5.41, 5.74) is 0.0151. The smallest absolute Gasteiger partial charge is 0.412 e. The van der Waals surface area contributed by atoms with Crippen LogP contribution in [0.25, 0.3) is 5.82 Å². The molecule has 1 amide bonds. The van der Waals surface area contributed by atoms with Gasteiger partial charge in [-0.1, -0.05) is 0 Å². The van der Waals surface area contributed by atoms with Crippen LogP contribution in [0.4, 0.5) is 10.5 Å². The lowest BCUT2D eigenvalue weighted by atomic mass is 10.2. The quantitative estimate of drug-likeness (QED) is 0.894. The molecule has 0 radical (unpaired) electrons. The number of aromatic nitrogens is 4. The summed E-state index contributed by atoms with van der Waals surface area (Å²) in [6.07, 6.45) is 4.13. The zero-order valence-electron chi connectivity index (χ0n) is 11.0. The molecule has 2 aromatic rings. The van der Waals surface area contributed by atoms with Gasteiger partial charge in [0, 0.05) is 0 Å². The first kappa shape index (κ1) is 13.0. The van der Waals surface area contributed by atoms with Gasteiger partial charge in [0.15, 0.2) is 5.82 Å². The Bertz CT molecular complexity index is 542. The lowest BCUT2D eigenvalue weighted by Crippen LogP contribution is -2.27. The van der Waals surface area contributed by atoms with Crippen molar-refractivity contribution in [2.75, 3.05) is 5.32 Å². The fourth-order valence-corrected chi connectivity index (χ4v) is 1.33. The molecule has 0 saturated carbocycles. The van der Waals surface area contributed by atoms with E-state index in [1.54, 1.807) is 45.3 Å². The number of rotatable bonds is 2. The Kier molecular flexibility index (Phi) is 3.46. The monoisotopic (exact) mass is 261 g/mol. The zero-order chi connectivity index (χ0) is 13.9. The van der Waals surface area contributed by atoms with Crippen molar-refractivity contribution < 1.29 is 9.53 Å². The predicted molar refractivity (Wildman–Crippen MR) is 69.0 cm³/mol. The fraction of sp³-hybridized carbons (Fsp3) is 0.333. The molecule has 0 aliphatic rings. The minimum absolute atomic E-state index is 0.515. The number of carbonyl (C=O) groups excluding carboxylic acids is 1. The van der Waals surface area contributed by atoms with E-state index in [-0.39, 0.29) is 0 Å². The topological polar surface area (TPSA) is 81.9 Å². The first-order valence-electron chi connectivity index (χ1n) is 5.77. The predicted octanol–water partition coefficient (Wildman–Crippen LogP) is 2.01. The Labute approximate surface area is 110 Å². The summed E-state index contributed by atoms with van der Waals surface area (Å²) in [5, 5.41) is 10.5. The van der Waals surface area contributed by atoms with Crippen LogP contribution < -0.4 is 5.32 Å². The normalized spacial score (nSPS) is 11.1. The highest BCUT2D eigenvalue weighted by atomic mass is 16.6. The van der Waals surface area contributed by atoms with Gasteiger partial charge in [0.25, 0.3) is 0 Å². The minimum Gasteiger partial charge on any atom is -0.444 e. The van der Waals surface area contributed by atoms with Crippen LogP contribution in [-0.4, -0.2) is 31.7 Å². The van der Waals surface area contributed by atoms with Crippen LogP contribution in [0.2, 0.25) is 0 Å². The van der Waals surface area contributed by atoms with E-state index in [2.05, 4.69) is 20.5 Å². The van der Waals surface area contributed by atoms with E-state index in [0.717, 1.165) is 0 Å². The standard InChI is InChI=1S/C12H15N5O2/c1-12(2,3)19-11(18)16-9-4-5-10(13-8-9)17-14-6-7-15-17/h4-8H,1-3H3,(H,16,18). The fourth-order valence-electron chi connectivity index (χ4n) is 1.33. The maximum absolute atomic E-state index is 11.6. The van der Waals surface area contributed by atoms with Gasteiger partial charge in [0.1, 0.15) is 5.60 Å². The van der Waals surface area contributed by atoms with Crippen molar-refractivity contribution >= 4 is 11.8 Å². The summed E-state index contributed by atoms with van der Waals surface area (Å²) < 4.78 is 5.14. The molecule has 0 atom stereocenters. The molecule has 100 valence electrons. The molecule has 2 heterocycles. The maximum atomic E-state index is 11.6. The van der Waals surface area contributed by atoms with Gasteiger partial charge in [-0.2, -0.15) is 10.2 Å². The summed E-state index contributed by atoms with van der Waals surface area (Å²) in [6.45, 7) is 5.41. The van der Waals surface area contributed by atoms with Gasteiger partial charge >= 0.3 is 6.09 Å². The molecule has 2 rings (SSSR count). The molecule has 0 spiro atoms. The highest BCUT2D eigenvalue weighted by molar-refractivity contribution is 5.84. The Hall–Kier alpha value is -2.44. The number of amides is 1. The second kappa shape index (κ2) is 5.05. The maximum Gasteiger partial charge on any atom is 0.412 e. The number of ether oxygens (including phenoxy) is 1. The first-order chi connectivity index (χ1) is 8.94. The highest BCUT2D eigenvalue weighted by Gasteiger charge is 2.16. The molecule has 0 bridgehead atoms. The summed E-state index contributed by atoms with van der Waals surface area (Å²) in [4.78, 5) is 17.1. The molecule has 7 heteroatoms. The number of pyridine rings is 1. The van der Waals surface area contributed by atoms with E-state index in [1.807, 2.05) is 0 Å². The van der Waals surface area contributed by atoms with E-state index >= 15 is 0 Å². The summed E-state index contributed by atoms with van der Waals surface area (Å²) >= 11 is 0. The van der Waals surface area contributed by atoms with Crippen molar-refractivity contribution in [2.45, 2.75) is 26.4 Å². The van der Waals surface area contributed by atoms with Crippen LogP contribution in [0.5, 0.6) is 0 Å². The molecular formula is C12H15N5O2. The second-order valence-electron chi connectivity index (χ2n) is 4.85. The molecule has 19 heavy (non-hydrogen) atoms. The molecule has 0 aliphatic heterocycles. The molecule has 1 N–H and O–H groups in total. The number of carbonyl (C=O) groups is 1. The van der Waals surface area contributed by atoms with Crippen molar-refractivity contribution in [2.24, 2.45) is 0 Å². The van der Waals surface area contributed by atoms with Crippen molar-refractivity contribution in [3.63, 3.8) is 0 Å². The van der Waals surface area contributed by atoms with Gasteiger partial charge in [0.05, 0.1) is 24.3 Å². The van der Waals surface area contributed by atoms with Gasteiger partial charge in [-0.3, -0.25) is 5.32 Å². The minimum atomic E-state index is -0.531. The van der Waals surface area contributed by atoms with Crippen molar-refractivity contribution in [3.8, 4) is 5.82 Å². The molecule has 0 aromatic carbocycles. The van der Waals surface area contributed by atoms with Crippen LogP contribution in [0.15, 0.2) is 30.7 Å². The summed E-state index contributed by atoms with van der Waals surface area (Å²) in [6, 6.07) is 3.41. The van der Waals surface area contributed by atoms with Crippen LogP contribution in [0, 0.1) is 0 Å². The number of hydrogen-bond donors (Lipinski definition) is 1. The molecule has 2 aromatic heterocycles. The van der Waals surface area contributed by atoms with Gasteiger partial charge < -0.3 is 4.74 Å². The first-order valence-corrected chi connectivity index (χ1v) is 5.77. The number of nitrogens with zero attached hydrogens (tertiary/aromatic N) is 4. The Morgan fingerprint density at radius 2 is 1.95 bits per heavy atom. The van der Waals surface area contributed by atoms with Crippen LogP contribution in [-0.2, 0) is 4.74 Å². The molecule has 7 nitrogen and oxygen atoms in total. The zero-order valence-corrected chi connectivity index (χ0v) is 11.0. The SMILES string of the molecule is CC(C)(C)OC(=O)Nc1ccc(-n2nccn2)nc1. The Balaban J connectivity index is 2.01. The van der Waals surface area contributed by atoms with E-state index in [9.17, 15) is 4.79 Å². The van der Waals surface area contributed by atoms with E-state index in [1.165, 1.54) is 11.0 Å². The van der Waals surface area contributed by atoms with Crippen LogP contribution in [0.3, 0.4) is 0 Å². The molecular weight excluding hydrogens is 246 g/mol. The Morgan fingerprint density at radius 1 is 1.26 bits per heavy atom. The van der Waals surface area contributed by atoms with Gasteiger partial charge in [-0.25, -0.2) is 9.78 Å². The van der Waals surface area contributed by atoms with E-state index in [4.69, 9.17) is 4.74 Å². The van der Waals surface area contributed by atoms with Gasteiger partial charge in [-0.05, 0) is 32.9 Å². The number of hydrogen-bond acceptors (Lipinski definition) is 5. The molecule has 0 fully saturated rings. The van der Waals surface area contributed by atoms with Crippen molar-refractivity contribution in [3.05, 3.63) is 30.7 Å². The summed E-state index contributed by atoms with van der Waals surface area (Å²) in [5.74, 6) is 0.569. The van der Waals surface area contributed by atoms with Gasteiger partial charge in [-0.15, -0.1) is 4.80 Å². The van der Waals surface area contributed by atoms with Crippen LogP contribution in [0.1, 0.15) is 20.8 Å². The highest BCUT2D eigenvalue weighted by Crippen LogP contribution is 2.12. The lowest BCUT2D eigenvalue weighted by Gasteiger charge is -2.19. The van der Waals surface area contributed by atoms with E-state index in [0.29, 0.717) is 11.5 Å². The summed E-state index contributed by atoms with van der Waals surface area (Å²) in [7, 11) is 0. The third-order valence-electron chi connectivity index (χ3n) is 2.02. The second-order valence-corrected chi connectivity index (χ2v) is 4.85. The number of anilines is 1. The molecule has 0 aliphatic carbocycles. The van der Waals surface area contributed by atoms with E-state index < -0.39 is 11.7 Å². The average molecular weight is 261 g/mol. The van der Waals surface area contributed by atoms with Gasteiger partial charge in [0.2, 0.25) is 0 Å². The van der Waals surface area contributed by atoms with Crippen LogP contribution >= 0.6 is 0 Å². The largest absolute Gasteiger partial charge is 0.444 e. The number of nitrogens with one attached hydrogen (secondary N) is 1. The third kappa shape index (κ3) is 3.77. The lowest BCUT2D eigenvalue weighted by molar-refractivity contribution is 0.0636. The van der Waals surface area contributed by atoms with Crippen molar-refractivity contribution in [1.82, 2.24) is 20.0 Å². The molecule has 0 saturated heterocycles. The molecule has 0 unspecified atom stereocenters.